The van der Waals surface area contributed by atoms with E-state index in [4.69, 9.17) is 0 Å². The van der Waals surface area contributed by atoms with Crippen LogP contribution >= 0.6 is 23.1 Å². The number of hydrogen-bond donors (Lipinski definition) is 1. The summed E-state index contributed by atoms with van der Waals surface area (Å²) in [4.78, 5) is 21.2. The van der Waals surface area contributed by atoms with Gasteiger partial charge in [-0.2, -0.15) is 0 Å². The van der Waals surface area contributed by atoms with Gasteiger partial charge in [-0.25, -0.2) is 14.4 Å². The summed E-state index contributed by atoms with van der Waals surface area (Å²) in [5, 5.41) is 5.95. The van der Waals surface area contributed by atoms with Crippen LogP contribution in [0.3, 0.4) is 0 Å². The second-order valence-electron chi connectivity index (χ2n) is 5.82. The number of thioether (sulfide) groups is 1. The molecule has 8 heteroatoms. The Kier molecular flexibility index (Phi) is 4.91. The molecular weight excluding hydrogens is 383 g/mol. The first kappa shape index (κ1) is 17.7. The van der Waals surface area contributed by atoms with Gasteiger partial charge >= 0.3 is 0 Å². The molecule has 4 aromatic rings. The monoisotopic (exact) mass is 398 g/mol. The van der Waals surface area contributed by atoms with Crippen LogP contribution in [-0.4, -0.2) is 26.2 Å². The molecular formula is C19H15FN4OS2. The highest BCUT2D eigenvalue weighted by molar-refractivity contribution is 7.99. The lowest BCUT2D eigenvalue weighted by Crippen LogP contribution is -2.14. The van der Waals surface area contributed by atoms with Crippen LogP contribution < -0.4 is 5.32 Å². The third kappa shape index (κ3) is 3.86. The zero-order chi connectivity index (χ0) is 18.8. The van der Waals surface area contributed by atoms with E-state index >= 15 is 0 Å². The number of aromatic nitrogens is 3. The smallest absolute Gasteiger partial charge is 0.236 e. The normalized spacial score (nSPS) is 11.0. The number of carbonyl (C=O) groups is 1. The van der Waals surface area contributed by atoms with Crippen LogP contribution in [0.2, 0.25) is 0 Å². The van der Waals surface area contributed by atoms with Crippen molar-refractivity contribution in [1.82, 2.24) is 14.5 Å². The van der Waals surface area contributed by atoms with Crippen molar-refractivity contribution in [2.75, 3.05) is 11.1 Å². The SMILES string of the molecule is Cn1c(SCC(=O)Nc2nc(-c3ccc(F)cc3)cs2)nc2ccccc21. The third-order valence-corrected chi connectivity index (χ3v) is 5.76. The molecule has 0 atom stereocenters. The van der Waals surface area contributed by atoms with E-state index in [1.54, 1.807) is 12.1 Å². The number of para-hydroxylation sites is 2. The summed E-state index contributed by atoms with van der Waals surface area (Å²) in [7, 11) is 1.94. The largest absolute Gasteiger partial charge is 0.322 e. The zero-order valence-electron chi connectivity index (χ0n) is 14.3. The van der Waals surface area contributed by atoms with E-state index in [1.165, 1.54) is 35.2 Å². The molecule has 27 heavy (non-hydrogen) atoms. The van der Waals surface area contributed by atoms with Gasteiger partial charge in [0.1, 0.15) is 5.82 Å². The van der Waals surface area contributed by atoms with Crippen molar-refractivity contribution < 1.29 is 9.18 Å². The number of nitrogens with zero attached hydrogens (tertiary/aromatic N) is 3. The van der Waals surface area contributed by atoms with E-state index in [2.05, 4.69) is 15.3 Å². The minimum Gasteiger partial charge on any atom is -0.322 e. The van der Waals surface area contributed by atoms with Crippen molar-refractivity contribution >= 4 is 45.2 Å². The Bertz CT molecular complexity index is 1100. The summed E-state index contributed by atoms with van der Waals surface area (Å²) in [6.07, 6.45) is 0. The van der Waals surface area contributed by atoms with Gasteiger partial charge in [-0.15, -0.1) is 11.3 Å². The average Bonchev–Trinajstić information content (AvgIpc) is 3.26. The number of rotatable bonds is 5. The number of aryl methyl sites for hydroxylation is 1. The fourth-order valence-electron chi connectivity index (χ4n) is 2.62. The molecule has 0 saturated heterocycles. The van der Waals surface area contributed by atoms with Crippen molar-refractivity contribution in [3.8, 4) is 11.3 Å². The summed E-state index contributed by atoms with van der Waals surface area (Å²) in [6, 6.07) is 14.0. The second kappa shape index (κ2) is 7.50. The van der Waals surface area contributed by atoms with Crippen LogP contribution in [0, 0.1) is 5.82 Å². The van der Waals surface area contributed by atoms with Crippen LogP contribution in [0.4, 0.5) is 9.52 Å². The summed E-state index contributed by atoms with van der Waals surface area (Å²) < 4.78 is 15.0. The number of benzene rings is 2. The minimum atomic E-state index is -0.290. The molecule has 2 aromatic carbocycles. The van der Waals surface area contributed by atoms with Gasteiger partial charge in [0.25, 0.3) is 0 Å². The topological polar surface area (TPSA) is 59.8 Å². The third-order valence-electron chi connectivity index (χ3n) is 3.97. The lowest BCUT2D eigenvalue weighted by molar-refractivity contribution is -0.113. The van der Waals surface area contributed by atoms with Gasteiger partial charge in [-0.05, 0) is 36.4 Å². The lowest BCUT2D eigenvalue weighted by atomic mass is 10.2. The number of nitrogens with one attached hydrogen (secondary N) is 1. The predicted octanol–water partition coefficient (Wildman–Crippen LogP) is 4.57. The summed E-state index contributed by atoms with van der Waals surface area (Å²) >= 11 is 2.72. The van der Waals surface area contributed by atoms with Gasteiger partial charge in [-0.3, -0.25) is 4.79 Å². The Hall–Kier alpha value is -2.71. The van der Waals surface area contributed by atoms with Crippen molar-refractivity contribution in [3.05, 3.63) is 59.7 Å². The van der Waals surface area contributed by atoms with E-state index in [0.29, 0.717) is 10.8 Å². The van der Waals surface area contributed by atoms with Gasteiger partial charge < -0.3 is 9.88 Å². The highest BCUT2D eigenvalue weighted by Crippen LogP contribution is 2.26. The van der Waals surface area contributed by atoms with Gasteiger partial charge in [0, 0.05) is 18.0 Å². The number of halogens is 1. The van der Waals surface area contributed by atoms with Crippen LogP contribution in [0.5, 0.6) is 0 Å². The molecule has 0 unspecified atom stereocenters. The maximum absolute atomic E-state index is 13.0. The first-order valence-corrected chi connectivity index (χ1v) is 10.0. The maximum atomic E-state index is 13.0. The van der Waals surface area contributed by atoms with Crippen molar-refractivity contribution in [2.45, 2.75) is 5.16 Å². The molecule has 2 aromatic heterocycles. The molecule has 0 bridgehead atoms. The molecule has 0 aliphatic heterocycles. The molecule has 0 aliphatic rings. The fourth-order valence-corrected chi connectivity index (χ4v) is 4.15. The van der Waals surface area contributed by atoms with Crippen LogP contribution in [0.1, 0.15) is 0 Å². The number of carbonyl (C=O) groups excluding carboxylic acids is 1. The van der Waals surface area contributed by atoms with Crippen LogP contribution in [0.15, 0.2) is 59.1 Å². The highest BCUT2D eigenvalue weighted by Gasteiger charge is 2.12. The number of anilines is 1. The summed E-state index contributed by atoms with van der Waals surface area (Å²) in [5.74, 6) is -0.198. The number of imidazole rings is 1. The van der Waals surface area contributed by atoms with E-state index in [9.17, 15) is 9.18 Å². The standard InChI is InChI=1S/C19H15FN4OS2/c1-24-16-5-3-2-4-14(16)22-19(24)27-11-17(25)23-18-21-15(10-26-18)12-6-8-13(20)9-7-12/h2-10H,11H2,1H3,(H,21,23,25). The van der Waals surface area contributed by atoms with Gasteiger partial charge in [-0.1, -0.05) is 23.9 Å². The van der Waals surface area contributed by atoms with E-state index in [1.807, 2.05) is 41.3 Å². The molecule has 1 N–H and O–H groups in total. The number of thiazole rings is 1. The van der Waals surface area contributed by atoms with Crippen molar-refractivity contribution in [2.24, 2.45) is 7.05 Å². The number of fused-ring (bicyclic) bond motifs is 1. The van der Waals surface area contributed by atoms with Gasteiger partial charge in [0.2, 0.25) is 5.91 Å². The molecule has 0 fully saturated rings. The predicted molar refractivity (Wildman–Crippen MR) is 108 cm³/mol. The number of hydrogen-bond acceptors (Lipinski definition) is 5. The number of amides is 1. The lowest BCUT2D eigenvalue weighted by Gasteiger charge is -2.02. The quantitative estimate of drug-likeness (QED) is 0.501. The maximum Gasteiger partial charge on any atom is 0.236 e. The summed E-state index contributed by atoms with van der Waals surface area (Å²) in [6.45, 7) is 0. The van der Waals surface area contributed by atoms with Crippen LogP contribution in [0.25, 0.3) is 22.3 Å². The molecule has 5 nitrogen and oxygen atoms in total. The molecule has 0 radical (unpaired) electrons. The Balaban J connectivity index is 1.39. The first-order valence-electron chi connectivity index (χ1n) is 8.16. The van der Waals surface area contributed by atoms with Crippen molar-refractivity contribution in [1.29, 1.82) is 0 Å². The van der Waals surface area contributed by atoms with Gasteiger partial charge in [0.05, 0.1) is 22.5 Å². The molecule has 1 amide bonds. The van der Waals surface area contributed by atoms with Crippen molar-refractivity contribution in [3.63, 3.8) is 0 Å². The molecule has 136 valence electrons. The first-order chi connectivity index (χ1) is 13.1. The molecule has 0 spiro atoms. The zero-order valence-corrected chi connectivity index (χ0v) is 16.0. The minimum absolute atomic E-state index is 0.146. The molecule has 0 saturated carbocycles. The fraction of sp³-hybridized carbons (Fsp3) is 0.105. The summed E-state index contributed by atoms with van der Waals surface area (Å²) in [5.41, 5.74) is 3.46. The average molecular weight is 398 g/mol. The Morgan fingerprint density at radius 3 is 2.74 bits per heavy atom. The van der Waals surface area contributed by atoms with E-state index < -0.39 is 0 Å². The van der Waals surface area contributed by atoms with Gasteiger partial charge in [0.15, 0.2) is 10.3 Å². The van der Waals surface area contributed by atoms with Crippen LogP contribution in [-0.2, 0) is 11.8 Å². The second-order valence-corrected chi connectivity index (χ2v) is 7.62. The molecule has 0 aliphatic carbocycles. The molecule has 4 rings (SSSR count). The van der Waals surface area contributed by atoms with E-state index in [0.717, 1.165) is 21.8 Å². The molecule has 2 heterocycles. The van der Waals surface area contributed by atoms with E-state index in [-0.39, 0.29) is 17.5 Å². The Labute approximate surface area is 163 Å². The Morgan fingerprint density at radius 1 is 1.19 bits per heavy atom. The Morgan fingerprint density at radius 2 is 1.96 bits per heavy atom. The highest BCUT2D eigenvalue weighted by atomic mass is 32.2.